The predicted molar refractivity (Wildman–Crippen MR) is 48.5 cm³/mol. The molecule has 0 aromatic heterocycles. The van der Waals surface area contributed by atoms with Gasteiger partial charge >= 0.3 is 7.82 Å². The summed E-state index contributed by atoms with van der Waals surface area (Å²) in [6, 6.07) is 0. The lowest BCUT2D eigenvalue weighted by molar-refractivity contribution is -0.0190. The average Bonchev–Trinajstić information content (AvgIpc) is 1.99. The van der Waals surface area contributed by atoms with Crippen LogP contribution in [0.15, 0.2) is 0 Å². The van der Waals surface area contributed by atoms with E-state index < -0.39 is 13.4 Å². The van der Waals surface area contributed by atoms with Crippen molar-refractivity contribution in [3.8, 4) is 0 Å². The van der Waals surface area contributed by atoms with Gasteiger partial charge in [0.1, 0.15) is 0 Å². The van der Waals surface area contributed by atoms with Crippen molar-refractivity contribution >= 4 is 7.82 Å². The molecule has 0 aliphatic carbocycles. The maximum Gasteiger partial charge on any atom is 0.472 e. The van der Waals surface area contributed by atoms with Gasteiger partial charge in [-0.3, -0.25) is 9.05 Å². The summed E-state index contributed by atoms with van der Waals surface area (Å²) in [4.78, 5) is 9.01. The van der Waals surface area contributed by atoms with E-state index in [4.69, 9.17) is 14.2 Å². The molecule has 0 fully saturated rings. The molecule has 5 nitrogen and oxygen atoms in total. The molecule has 0 aliphatic rings. The second-order valence-corrected chi connectivity index (χ2v) is 4.62. The molecule has 0 saturated heterocycles. The van der Waals surface area contributed by atoms with Gasteiger partial charge in [-0.05, 0) is 20.8 Å². The van der Waals surface area contributed by atoms with Gasteiger partial charge in [0.05, 0.1) is 12.2 Å². The van der Waals surface area contributed by atoms with Crippen molar-refractivity contribution < 1.29 is 23.2 Å². The van der Waals surface area contributed by atoms with Crippen LogP contribution in [-0.2, 0) is 18.3 Å². The summed E-state index contributed by atoms with van der Waals surface area (Å²) in [5.74, 6) is 0. The van der Waals surface area contributed by atoms with E-state index in [1.165, 1.54) is 0 Å². The highest BCUT2D eigenvalue weighted by Crippen LogP contribution is 2.46. The Morgan fingerprint density at radius 1 is 1.46 bits per heavy atom. The van der Waals surface area contributed by atoms with E-state index in [9.17, 15) is 4.57 Å². The lowest BCUT2D eigenvalue weighted by atomic mass is 10.2. The lowest BCUT2D eigenvalue weighted by Gasteiger charge is -2.25. The zero-order valence-electron chi connectivity index (χ0n) is 8.44. The lowest BCUT2D eigenvalue weighted by Crippen LogP contribution is -2.29. The van der Waals surface area contributed by atoms with Crippen LogP contribution in [-0.4, -0.2) is 30.8 Å². The van der Waals surface area contributed by atoms with Gasteiger partial charge < -0.3 is 9.63 Å². The third-order valence-electron chi connectivity index (χ3n) is 1.25. The Kier molecular flexibility index (Phi) is 5.10. The first-order chi connectivity index (χ1) is 5.83. The van der Waals surface area contributed by atoms with E-state index >= 15 is 0 Å². The first kappa shape index (κ1) is 13.1. The Bertz CT molecular complexity index is 191. The Morgan fingerprint density at radius 3 is 2.38 bits per heavy atom. The fourth-order valence-electron chi connectivity index (χ4n) is 0.724. The largest absolute Gasteiger partial charge is 0.472 e. The van der Waals surface area contributed by atoms with Gasteiger partial charge in [-0.2, -0.15) is 0 Å². The van der Waals surface area contributed by atoms with Crippen LogP contribution in [0.2, 0.25) is 0 Å². The summed E-state index contributed by atoms with van der Waals surface area (Å²) in [5.41, 5.74) is -0.823. The summed E-state index contributed by atoms with van der Waals surface area (Å²) in [5, 5.41) is 0. The smallest absolute Gasteiger partial charge is 0.379 e. The molecule has 0 radical (unpaired) electrons. The normalized spacial score (nSPS) is 17.0. The monoisotopic (exact) mass is 212 g/mol. The molecule has 0 heterocycles. The second kappa shape index (κ2) is 5.08. The molecule has 0 amide bonds. The highest BCUT2D eigenvalue weighted by molar-refractivity contribution is 7.47. The van der Waals surface area contributed by atoms with Gasteiger partial charge in [0.15, 0.2) is 0 Å². The third kappa shape index (κ3) is 6.18. The van der Waals surface area contributed by atoms with Crippen molar-refractivity contribution in [2.75, 3.05) is 20.3 Å². The van der Waals surface area contributed by atoms with Gasteiger partial charge in [-0.15, -0.1) is 0 Å². The molecular weight excluding hydrogens is 195 g/mol. The minimum Gasteiger partial charge on any atom is -0.379 e. The molecule has 0 aliphatic heterocycles. The predicted octanol–water partition coefficient (Wildman–Crippen LogP) is 1.56. The SMILES string of the molecule is CCOCC(C)(C)OP(=O)(O)OC. The first-order valence-electron chi connectivity index (χ1n) is 4.00. The van der Waals surface area contributed by atoms with Gasteiger partial charge in [0.25, 0.3) is 0 Å². The van der Waals surface area contributed by atoms with E-state index in [-0.39, 0.29) is 6.61 Å². The van der Waals surface area contributed by atoms with Crippen molar-refractivity contribution in [2.24, 2.45) is 0 Å². The molecule has 0 bridgehead atoms. The molecule has 0 aromatic carbocycles. The Hall–Kier alpha value is 0.0700. The van der Waals surface area contributed by atoms with Gasteiger partial charge in [-0.1, -0.05) is 0 Å². The minimum atomic E-state index is -3.92. The molecule has 1 N–H and O–H groups in total. The van der Waals surface area contributed by atoms with Crippen molar-refractivity contribution in [1.29, 1.82) is 0 Å². The fourth-order valence-corrected chi connectivity index (χ4v) is 1.48. The topological polar surface area (TPSA) is 65.0 Å². The zero-order valence-corrected chi connectivity index (χ0v) is 9.34. The van der Waals surface area contributed by atoms with Crippen LogP contribution >= 0.6 is 7.82 Å². The number of phosphoric acid groups is 1. The molecule has 0 rings (SSSR count). The van der Waals surface area contributed by atoms with Crippen molar-refractivity contribution in [2.45, 2.75) is 26.4 Å². The maximum absolute atomic E-state index is 11.0. The standard InChI is InChI=1S/C7H17O5P/c1-5-11-6-7(2,3)12-13(8,9)10-4/h5-6H2,1-4H3,(H,8,9). The summed E-state index contributed by atoms with van der Waals surface area (Å²) in [6.07, 6.45) is 0. The highest BCUT2D eigenvalue weighted by Gasteiger charge is 2.31. The van der Waals surface area contributed by atoms with Crippen LogP contribution in [0, 0.1) is 0 Å². The maximum atomic E-state index is 11.0. The van der Waals surface area contributed by atoms with Crippen LogP contribution in [0.1, 0.15) is 20.8 Å². The Labute approximate surface area is 78.6 Å². The van der Waals surface area contributed by atoms with Crippen molar-refractivity contribution in [3.05, 3.63) is 0 Å². The molecule has 80 valence electrons. The van der Waals surface area contributed by atoms with Gasteiger partial charge in [0.2, 0.25) is 0 Å². The van der Waals surface area contributed by atoms with Crippen LogP contribution < -0.4 is 0 Å². The minimum absolute atomic E-state index is 0.247. The number of ether oxygens (including phenoxy) is 1. The zero-order chi connectivity index (χ0) is 10.5. The van der Waals surface area contributed by atoms with E-state index in [1.54, 1.807) is 13.8 Å². The van der Waals surface area contributed by atoms with Gasteiger partial charge in [-0.25, -0.2) is 4.57 Å². The summed E-state index contributed by atoms with van der Waals surface area (Å²) in [7, 11) is -2.79. The molecule has 0 aromatic rings. The molecule has 0 saturated carbocycles. The Balaban J connectivity index is 4.08. The van der Waals surface area contributed by atoms with E-state index in [0.717, 1.165) is 7.11 Å². The second-order valence-electron chi connectivity index (χ2n) is 3.14. The number of hydrogen-bond acceptors (Lipinski definition) is 4. The van der Waals surface area contributed by atoms with Gasteiger partial charge in [0, 0.05) is 13.7 Å². The molecule has 13 heavy (non-hydrogen) atoms. The third-order valence-corrected chi connectivity index (χ3v) is 2.43. The molecular formula is C7H17O5P. The molecule has 0 spiro atoms. The number of phosphoric ester groups is 1. The average molecular weight is 212 g/mol. The van der Waals surface area contributed by atoms with Crippen LogP contribution in [0.25, 0.3) is 0 Å². The van der Waals surface area contributed by atoms with E-state index in [2.05, 4.69) is 4.52 Å². The first-order valence-corrected chi connectivity index (χ1v) is 5.49. The van der Waals surface area contributed by atoms with E-state index in [0.29, 0.717) is 6.61 Å². The van der Waals surface area contributed by atoms with Crippen molar-refractivity contribution in [3.63, 3.8) is 0 Å². The van der Waals surface area contributed by atoms with Crippen molar-refractivity contribution in [1.82, 2.24) is 0 Å². The van der Waals surface area contributed by atoms with Crippen LogP contribution in [0.5, 0.6) is 0 Å². The summed E-state index contributed by atoms with van der Waals surface area (Å²) < 4.78 is 25.2. The number of rotatable bonds is 6. The summed E-state index contributed by atoms with van der Waals surface area (Å²) in [6.45, 7) is 5.94. The van der Waals surface area contributed by atoms with E-state index in [1.807, 2.05) is 6.92 Å². The quantitative estimate of drug-likeness (QED) is 0.677. The van der Waals surface area contributed by atoms with Crippen LogP contribution in [0.4, 0.5) is 0 Å². The molecule has 1 unspecified atom stereocenters. The molecule has 6 heteroatoms. The molecule has 1 atom stereocenters. The fraction of sp³-hybridized carbons (Fsp3) is 1.00. The van der Waals surface area contributed by atoms with Crippen LogP contribution in [0.3, 0.4) is 0 Å². The number of hydrogen-bond donors (Lipinski definition) is 1. The highest BCUT2D eigenvalue weighted by atomic mass is 31.2. The Morgan fingerprint density at radius 2 is 2.00 bits per heavy atom. The summed E-state index contributed by atoms with van der Waals surface area (Å²) >= 11 is 0.